The molecule has 2 unspecified atom stereocenters. The standard InChI is InChI=1S/C17H22N4O2.2ClH/c1-21-10-9-19-16(21)15(12-3-5-14(23-2)6-4-12)20-17(22)13-7-8-18-11-13;;/h3-6,9-10,13,15,18H,7-8,11H2,1-2H3,(H,20,22);2*1H. The third kappa shape index (κ3) is 4.87. The van der Waals surface area contributed by atoms with Gasteiger partial charge in [0.2, 0.25) is 5.91 Å². The molecule has 1 saturated heterocycles. The largest absolute Gasteiger partial charge is 0.497 e. The van der Waals surface area contributed by atoms with Crippen LogP contribution in [0.4, 0.5) is 0 Å². The average Bonchev–Trinajstić information content (AvgIpc) is 3.24. The van der Waals surface area contributed by atoms with E-state index in [1.165, 1.54) is 0 Å². The van der Waals surface area contributed by atoms with Crippen molar-refractivity contribution >= 4 is 30.7 Å². The molecular weight excluding hydrogens is 363 g/mol. The molecule has 3 rings (SSSR count). The van der Waals surface area contributed by atoms with Crippen molar-refractivity contribution in [3.05, 3.63) is 48.0 Å². The number of carbonyl (C=O) groups is 1. The monoisotopic (exact) mass is 386 g/mol. The molecule has 0 bridgehead atoms. The van der Waals surface area contributed by atoms with Gasteiger partial charge in [-0.25, -0.2) is 4.98 Å². The molecule has 0 radical (unpaired) electrons. The topological polar surface area (TPSA) is 68.2 Å². The molecule has 1 aliphatic rings. The Kier molecular flexibility index (Phi) is 8.22. The molecule has 2 N–H and O–H groups in total. The fourth-order valence-corrected chi connectivity index (χ4v) is 2.89. The number of aryl methyl sites for hydroxylation is 1. The molecule has 1 amide bonds. The number of benzene rings is 1. The van der Waals surface area contributed by atoms with Crippen LogP contribution < -0.4 is 15.4 Å². The predicted molar refractivity (Wildman–Crippen MR) is 102 cm³/mol. The number of carbonyl (C=O) groups excluding carboxylic acids is 1. The molecule has 2 heterocycles. The van der Waals surface area contributed by atoms with Gasteiger partial charge in [-0.3, -0.25) is 4.79 Å². The van der Waals surface area contributed by atoms with E-state index in [0.717, 1.165) is 36.6 Å². The lowest BCUT2D eigenvalue weighted by Gasteiger charge is -2.21. The summed E-state index contributed by atoms with van der Waals surface area (Å²) in [6.45, 7) is 1.63. The van der Waals surface area contributed by atoms with Gasteiger partial charge in [0, 0.05) is 26.0 Å². The van der Waals surface area contributed by atoms with E-state index in [9.17, 15) is 4.79 Å². The van der Waals surface area contributed by atoms with Crippen molar-refractivity contribution in [1.82, 2.24) is 20.2 Å². The lowest BCUT2D eigenvalue weighted by Crippen LogP contribution is -2.36. The van der Waals surface area contributed by atoms with Gasteiger partial charge in [0.15, 0.2) is 0 Å². The number of halogens is 2. The maximum atomic E-state index is 12.5. The first-order chi connectivity index (χ1) is 11.2. The van der Waals surface area contributed by atoms with Crippen molar-refractivity contribution in [3.63, 3.8) is 0 Å². The highest BCUT2D eigenvalue weighted by atomic mass is 35.5. The van der Waals surface area contributed by atoms with Gasteiger partial charge in [-0.2, -0.15) is 0 Å². The summed E-state index contributed by atoms with van der Waals surface area (Å²) < 4.78 is 7.14. The van der Waals surface area contributed by atoms with Crippen LogP contribution in [0.3, 0.4) is 0 Å². The van der Waals surface area contributed by atoms with Crippen molar-refractivity contribution in [3.8, 4) is 5.75 Å². The SMILES string of the molecule is COc1ccc(C(NC(=O)C2CCNC2)c2nccn2C)cc1.Cl.Cl. The van der Waals surface area contributed by atoms with Gasteiger partial charge in [-0.15, -0.1) is 24.8 Å². The number of aromatic nitrogens is 2. The molecule has 2 aromatic rings. The van der Waals surface area contributed by atoms with Gasteiger partial charge >= 0.3 is 0 Å². The second kappa shape index (κ2) is 9.65. The Morgan fingerprint density at radius 2 is 2.08 bits per heavy atom. The van der Waals surface area contributed by atoms with Crippen LogP contribution in [0.15, 0.2) is 36.7 Å². The lowest BCUT2D eigenvalue weighted by atomic mass is 10.0. The van der Waals surface area contributed by atoms with Gasteiger partial charge < -0.3 is 19.9 Å². The summed E-state index contributed by atoms with van der Waals surface area (Å²) in [5, 5.41) is 6.38. The Balaban J connectivity index is 0.00000156. The van der Waals surface area contributed by atoms with Crippen LogP contribution in [0, 0.1) is 5.92 Å². The normalized spacial score (nSPS) is 17.1. The minimum atomic E-state index is -0.269. The van der Waals surface area contributed by atoms with Gasteiger partial charge in [-0.1, -0.05) is 12.1 Å². The molecule has 0 spiro atoms. The first kappa shape index (κ1) is 21.3. The third-order valence-corrected chi connectivity index (χ3v) is 4.28. The Morgan fingerprint density at radius 1 is 1.36 bits per heavy atom. The molecule has 2 atom stereocenters. The van der Waals surface area contributed by atoms with E-state index in [1.807, 2.05) is 42.1 Å². The van der Waals surface area contributed by atoms with Crippen LogP contribution in [0.2, 0.25) is 0 Å². The fraction of sp³-hybridized carbons (Fsp3) is 0.412. The molecule has 1 fully saturated rings. The molecule has 138 valence electrons. The number of nitrogens with zero attached hydrogens (tertiary/aromatic N) is 2. The van der Waals surface area contributed by atoms with Crippen molar-refractivity contribution in [2.75, 3.05) is 20.2 Å². The van der Waals surface area contributed by atoms with Crippen LogP contribution in [-0.2, 0) is 11.8 Å². The summed E-state index contributed by atoms with van der Waals surface area (Å²) in [5.41, 5.74) is 0.986. The van der Waals surface area contributed by atoms with Gasteiger partial charge in [0.1, 0.15) is 17.6 Å². The van der Waals surface area contributed by atoms with E-state index in [1.54, 1.807) is 13.3 Å². The summed E-state index contributed by atoms with van der Waals surface area (Å²) in [7, 11) is 3.57. The van der Waals surface area contributed by atoms with Gasteiger partial charge in [0.05, 0.1) is 13.0 Å². The highest BCUT2D eigenvalue weighted by molar-refractivity contribution is 5.85. The zero-order chi connectivity index (χ0) is 16.2. The summed E-state index contributed by atoms with van der Waals surface area (Å²) >= 11 is 0. The lowest BCUT2D eigenvalue weighted by molar-refractivity contribution is -0.125. The molecule has 0 saturated carbocycles. The number of rotatable bonds is 5. The quantitative estimate of drug-likeness (QED) is 0.825. The van der Waals surface area contributed by atoms with Crippen molar-refractivity contribution in [2.24, 2.45) is 13.0 Å². The Labute approximate surface area is 160 Å². The zero-order valence-electron chi connectivity index (χ0n) is 14.3. The molecule has 6 nitrogen and oxygen atoms in total. The van der Waals surface area contributed by atoms with Crippen molar-refractivity contribution in [2.45, 2.75) is 12.5 Å². The number of hydrogen-bond donors (Lipinski definition) is 2. The molecular formula is C17H24Cl2N4O2. The number of amides is 1. The number of methoxy groups -OCH3 is 1. The van der Waals surface area contributed by atoms with Crippen LogP contribution in [0.25, 0.3) is 0 Å². The molecule has 0 aliphatic carbocycles. The Hall–Kier alpha value is -1.76. The minimum Gasteiger partial charge on any atom is -0.497 e. The summed E-state index contributed by atoms with van der Waals surface area (Å²) in [6, 6.07) is 7.45. The van der Waals surface area contributed by atoms with Crippen LogP contribution in [0.5, 0.6) is 5.75 Å². The molecule has 25 heavy (non-hydrogen) atoms. The number of nitrogens with one attached hydrogen (secondary N) is 2. The predicted octanol–water partition coefficient (Wildman–Crippen LogP) is 2.09. The van der Waals surface area contributed by atoms with E-state index in [2.05, 4.69) is 15.6 Å². The second-order valence-electron chi connectivity index (χ2n) is 5.80. The van der Waals surface area contributed by atoms with E-state index in [4.69, 9.17) is 4.74 Å². The Morgan fingerprint density at radius 3 is 2.60 bits per heavy atom. The summed E-state index contributed by atoms with van der Waals surface area (Å²) in [5.74, 6) is 1.70. The molecule has 8 heteroatoms. The van der Waals surface area contributed by atoms with Gasteiger partial charge in [-0.05, 0) is 30.7 Å². The smallest absolute Gasteiger partial charge is 0.225 e. The Bertz CT molecular complexity index is 670. The molecule has 1 aromatic carbocycles. The van der Waals surface area contributed by atoms with Crippen molar-refractivity contribution in [1.29, 1.82) is 0 Å². The number of imidazole rings is 1. The second-order valence-corrected chi connectivity index (χ2v) is 5.80. The first-order valence-electron chi connectivity index (χ1n) is 7.81. The number of hydrogen-bond acceptors (Lipinski definition) is 4. The van der Waals surface area contributed by atoms with Crippen LogP contribution in [0.1, 0.15) is 23.9 Å². The fourth-order valence-electron chi connectivity index (χ4n) is 2.89. The minimum absolute atomic E-state index is 0. The van der Waals surface area contributed by atoms with E-state index < -0.39 is 0 Å². The maximum Gasteiger partial charge on any atom is 0.225 e. The van der Waals surface area contributed by atoms with Crippen molar-refractivity contribution < 1.29 is 9.53 Å². The molecule has 1 aromatic heterocycles. The first-order valence-corrected chi connectivity index (χ1v) is 7.81. The zero-order valence-corrected chi connectivity index (χ0v) is 15.9. The molecule has 1 aliphatic heterocycles. The van der Waals surface area contributed by atoms with Gasteiger partial charge in [0.25, 0.3) is 0 Å². The van der Waals surface area contributed by atoms with Crippen LogP contribution >= 0.6 is 24.8 Å². The summed E-state index contributed by atoms with van der Waals surface area (Å²) in [4.78, 5) is 17.0. The van der Waals surface area contributed by atoms with E-state index >= 15 is 0 Å². The van der Waals surface area contributed by atoms with Crippen LogP contribution in [-0.4, -0.2) is 35.7 Å². The summed E-state index contributed by atoms with van der Waals surface area (Å²) in [6.07, 6.45) is 4.51. The highest BCUT2D eigenvalue weighted by Crippen LogP contribution is 2.24. The third-order valence-electron chi connectivity index (χ3n) is 4.28. The highest BCUT2D eigenvalue weighted by Gasteiger charge is 2.27. The van der Waals surface area contributed by atoms with E-state index in [0.29, 0.717) is 0 Å². The maximum absolute atomic E-state index is 12.5. The average molecular weight is 387 g/mol. The van der Waals surface area contributed by atoms with E-state index in [-0.39, 0.29) is 42.7 Å². The number of ether oxygens (including phenoxy) is 1.